The summed E-state index contributed by atoms with van der Waals surface area (Å²) < 4.78 is 23.2. The van der Waals surface area contributed by atoms with E-state index in [1.807, 2.05) is 12.1 Å². The van der Waals surface area contributed by atoms with Gasteiger partial charge in [-0.3, -0.25) is 9.89 Å². The van der Waals surface area contributed by atoms with E-state index >= 15 is 0 Å². The molecule has 1 aliphatic carbocycles. The van der Waals surface area contributed by atoms with Crippen LogP contribution in [0, 0.1) is 0 Å². The molecule has 0 aromatic carbocycles. The molecule has 8 nitrogen and oxygen atoms in total. The van der Waals surface area contributed by atoms with Gasteiger partial charge in [0.1, 0.15) is 11.9 Å². The molecule has 4 rings (SSSR count). The van der Waals surface area contributed by atoms with Crippen LogP contribution in [0.15, 0.2) is 27.8 Å². The number of rotatable bonds is 8. The Morgan fingerprint density at radius 3 is 2.77 bits per heavy atom. The second kappa shape index (κ2) is 11.1. The SMILES string of the molecule is c1coc(CCNC(=NCC2COC3(CCCCC3)O2)NCCN2CCOCC2)c1. The van der Waals surface area contributed by atoms with Gasteiger partial charge in [0.15, 0.2) is 11.7 Å². The van der Waals surface area contributed by atoms with E-state index in [0.29, 0.717) is 13.2 Å². The zero-order chi connectivity index (χ0) is 20.5. The molecule has 1 aromatic heterocycles. The van der Waals surface area contributed by atoms with Crippen molar-refractivity contribution in [2.45, 2.75) is 50.4 Å². The highest BCUT2D eigenvalue weighted by atomic mass is 16.7. The number of ether oxygens (including phenoxy) is 3. The van der Waals surface area contributed by atoms with Crippen LogP contribution in [0.25, 0.3) is 0 Å². The average Bonchev–Trinajstić information content (AvgIpc) is 3.43. The van der Waals surface area contributed by atoms with Crippen molar-refractivity contribution < 1.29 is 18.6 Å². The molecule has 3 fully saturated rings. The Hall–Kier alpha value is -1.61. The number of morpholine rings is 1. The van der Waals surface area contributed by atoms with Gasteiger partial charge in [0.25, 0.3) is 0 Å². The minimum absolute atomic E-state index is 0.0333. The Balaban J connectivity index is 1.25. The number of hydrogen-bond acceptors (Lipinski definition) is 6. The Bertz CT molecular complexity index is 640. The molecule has 3 aliphatic rings. The summed E-state index contributed by atoms with van der Waals surface area (Å²) in [6.45, 7) is 7.47. The van der Waals surface area contributed by atoms with Crippen molar-refractivity contribution in [3.63, 3.8) is 0 Å². The second-order valence-electron chi connectivity index (χ2n) is 8.35. The van der Waals surface area contributed by atoms with Crippen LogP contribution in [-0.2, 0) is 20.6 Å². The fourth-order valence-corrected chi connectivity index (χ4v) is 4.34. The van der Waals surface area contributed by atoms with Crippen LogP contribution >= 0.6 is 0 Å². The van der Waals surface area contributed by atoms with Gasteiger partial charge in [-0.05, 0) is 25.0 Å². The molecule has 1 saturated carbocycles. The number of nitrogens with zero attached hydrogens (tertiary/aromatic N) is 2. The van der Waals surface area contributed by atoms with Gasteiger partial charge in [0.05, 0.1) is 32.6 Å². The van der Waals surface area contributed by atoms with Crippen LogP contribution in [0.3, 0.4) is 0 Å². The summed E-state index contributed by atoms with van der Waals surface area (Å²) in [5.41, 5.74) is 0. The van der Waals surface area contributed by atoms with E-state index in [1.165, 1.54) is 19.3 Å². The van der Waals surface area contributed by atoms with E-state index in [-0.39, 0.29) is 11.9 Å². The first kappa shape index (κ1) is 21.6. The highest BCUT2D eigenvalue weighted by molar-refractivity contribution is 5.79. The van der Waals surface area contributed by atoms with Gasteiger partial charge in [-0.2, -0.15) is 0 Å². The minimum Gasteiger partial charge on any atom is -0.469 e. The summed E-state index contributed by atoms with van der Waals surface area (Å²) in [5, 5.41) is 6.90. The lowest BCUT2D eigenvalue weighted by atomic mass is 9.94. The molecular weight excluding hydrogens is 384 g/mol. The van der Waals surface area contributed by atoms with Crippen molar-refractivity contribution in [1.82, 2.24) is 15.5 Å². The lowest BCUT2D eigenvalue weighted by Gasteiger charge is -2.31. The van der Waals surface area contributed by atoms with E-state index in [2.05, 4.69) is 15.5 Å². The average molecular weight is 421 g/mol. The fraction of sp³-hybridized carbons (Fsp3) is 0.773. The number of furan rings is 1. The van der Waals surface area contributed by atoms with Crippen molar-refractivity contribution in [2.75, 3.05) is 59.1 Å². The molecule has 1 spiro atoms. The first-order valence-corrected chi connectivity index (χ1v) is 11.5. The molecule has 2 saturated heterocycles. The van der Waals surface area contributed by atoms with Gasteiger partial charge < -0.3 is 29.3 Å². The predicted octanol–water partition coefficient (Wildman–Crippen LogP) is 1.77. The lowest BCUT2D eigenvalue weighted by Crippen LogP contribution is -2.45. The quantitative estimate of drug-likeness (QED) is 0.490. The fourth-order valence-electron chi connectivity index (χ4n) is 4.34. The van der Waals surface area contributed by atoms with Crippen LogP contribution < -0.4 is 10.6 Å². The van der Waals surface area contributed by atoms with Gasteiger partial charge in [0.2, 0.25) is 0 Å². The van der Waals surface area contributed by atoms with Crippen LogP contribution in [0.1, 0.15) is 37.9 Å². The van der Waals surface area contributed by atoms with Crippen LogP contribution in [0.4, 0.5) is 0 Å². The molecule has 168 valence electrons. The van der Waals surface area contributed by atoms with E-state index < -0.39 is 0 Å². The van der Waals surface area contributed by atoms with E-state index in [9.17, 15) is 0 Å². The summed E-state index contributed by atoms with van der Waals surface area (Å²) >= 11 is 0. The van der Waals surface area contributed by atoms with Crippen molar-refractivity contribution in [3.05, 3.63) is 24.2 Å². The molecule has 30 heavy (non-hydrogen) atoms. The molecule has 0 radical (unpaired) electrons. The van der Waals surface area contributed by atoms with Gasteiger partial charge in [0, 0.05) is 52.0 Å². The Labute approximate surface area is 179 Å². The number of nitrogens with one attached hydrogen (secondary N) is 2. The van der Waals surface area contributed by atoms with Gasteiger partial charge in [-0.15, -0.1) is 0 Å². The first-order valence-electron chi connectivity index (χ1n) is 11.5. The van der Waals surface area contributed by atoms with Gasteiger partial charge in [-0.1, -0.05) is 6.42 Å². The van der Waals surface area contributed by atoms with Crippen LogP contribution in [0.5, 0.6) is 0 Å². The van der Waals surface area contributed by atoms with Crippen LogP contribution in [0.2, 0.25) is 0 Å². The summed E-state index contributed by atoms with van der Waals surface area (Å²) in [6, 6.07) is 3.92. The summed E-state index contributed by atoms with van der Waals surface area (Å²) in [6.07, 6.45) is 8.27. The lowest BCUT2D eigenvalue weighted by molar-refractivity contribution is -0.186. The topological polar surface area (TPSA) is 80.5 Å². The summed E-state index contributed by atoms with van der Waals surface area (Å²) in [5.74, 6) is 1.46. The summed E-state index contributed by atoms with van der Waals surface area (Å²) in [4.78, 5) is 7.22. The van der Waals surface area contributed by atoms with Crippen molar-refractivity contribution >= 4 is 5.96 Å². The van der Waals surface area contributed by atoms with Crippen molar-refractivity contribution in [3.8, 4) is 0 Å². The molecule has 2 N–H and O–H groups in total. The molecule has 3 heterocycles. The van der Waals surface area contributed by atoms with Gasteiger partial charge in [-0.25, -0.2) is 0 Å². The monoisotopic (exact) mass is 420 g/mol. The predicted molar refractivity (Wildman–Crippen MR) is 115 cm³/mol. The molecular formula is C22H36N4O4. The molecule has 1 aromatic rings. The normalized spacial score (nSPS) is 24.9. The Morgan fingerprint density at radius 1 is 1.13 bits per heavy atom. The summed E-state index contributed by atoms with van der Waals surface area (Å²) in [7, 11) is 0. The Morgan fingerprint density at radius 2 is 1.97 bits per heavy atom. The third-order valence-corrected chi connectivity index (χ3v) is 6.05. The van der Waals surface area contributed by atoms with Gasteiger partial charge >= 0.3 is 0 Å². The maximum Gasteiger partial charge on any atom is 0.191 e. The molecule has 0 bridgehead atoms. The third kappa shape index (κ3) is 6.44. The number of guanidine groups is 1. The van der Waals surface area contributed by atoms with Crippen LogP contribution in [-0.4, -0.2) is 81.8 Å². The number of hydrogen-bond donors (Lipinski definition) is 2. The molecule has 0 amide bonds. The molecule has 1 atom stereocenters. The van der Waals surface area contributed by atoms with Crippen molar-refractivity contribution in [1.29, 1.82) is 0 Å². The first-order chi connectivity index (χ1) is 14.8. The smallest absolute Gasteiger partial charge is 0.191 e. The largest absolute Gasteiger partial charge is 0.469 e. The molecule has 1 unspecified atom stereocenters. The molecule has 2 aliphatic heterocycles. The minimum atomic E-state index is -0.338. The second-order valence-corrected chi connectivity index (χ2v) is 8.35. The zero-order valence-corrected chi connectivity index (χ0v) is 17.9. The Kier molecular flexibility index (Phi) is 8.02. The maximum atomic E-state index is 6.28. The van der Waals surface area contributed by atoms with E-state index in [4.69, 9.17) is 23.6 Å². The van der Waals surface area contributed by atoms with E-state index in [0.717, 1.165) is 76.9 Å². The zero-order valence-electron chi connectivity index (χ0n) is 17.9. The number of aliphatic imine (C=N–C) groups is 1. The molecule has 8 heteroatoms. The highest BCUT2D eigenvalue weighted by Gasteiger charge is 2.42. The third-order valence-electron chi connectivity index (χ3n) is 6.05. The van der Waals surface area contributed by atoms with Crippen molar-refractivity contribution in [2.24, 2.45) is 4.99 Å². The maximum absolute atomic E-state index is 6.28. The standard InChI is InChI=1S/C22H36N4O4/c1-2-7-22(8-3-1)29-18-20(30-22)17-25-21(23-9-6-19-5-4-14-28-19)24-10-11-26-12-15-27-16-13-26/h4-5,14,20H,1-3,6-13,15-18H2,(H2,23,24,25). The highest BCUT2D eigenvalue weighted by Crippen LogP contribution is 2.37. The van der Waals surface area contributed by atoms with E-state index in [1.54, 1.807) is 6.26 Å².